The SMILES string of the molecule is CCCc1nccn1-c1ccc(C(=O)Nc2cccnc2)o1. The monoisotopic (exact) mass is 296 g/mol. The second-order valence-electron chi connectivity index (χ2n) is 4.80. The van der Waals surface area contributed by atoms with E-state index in [1.54, 1.807) is 42.9 Å². The maximum Gasteiger partial charge on any atom is 0.291 e. The van der Waals surface area contributed by atoms with Gasteiger partial charge in [0.25, 0.3) is 5.91 Å². The van der Waals surface area contributed by atoms with Crippen molar-refractivity contribution in [2.45, 2.75) is 19.8 Å². The van der Waals surface area contributed by atoms with Gasteiger partial charge in [0.15, 0.2) is 5.76 Å². The molecular weight excluding hydrogens is 280 g/mol. The van der Waals surface area contributed by atoms with Crippen LogP contribution in [0, 0.1) is 0 Å². The summed E-state index contributed by atoms with van der Waals surface area (Å²) in [5.41, 5.74) is 0.625. The molecule has 0 radical (unpaired) electrons. The number of aromatic nitrogens is 3. The number of aryl methyl sites for hydroxylation is 1. The zero-order valence-electron chi connectivity index (χ0n) is 12.2. The predicted octanol–water partition coefficient (Wildman–Crippen LogP) is 3.07. The molecule has 1 N–H and O–H groups in total. The van der Waals surface area contributed by atoms with E-state index < -0.39 is 0 Å². The van der Waals surface area contributed by atoms with Crippen LogP contribution in [0.2, 0.25) is 0 Å². The highest BCUT2D eigenvalue weighted by Gasteiger charge is 2.14. The molecule has 0 fully saturated rings. The molecule has 6 heteroatoms. The van der Waals surface area contributed by atoms with Crippen molar-refractivity contribution in [3.05, 3.63) is 60.6 Å². The number of hydrogen-bond acceptors (Lipinski definition) is 4. The first-order valence-electron chi connectivity index (χ1n) is 7.11. The lowest BCUT2D eigenvalue weighted by atomic mass is 10.3. The fourth-order valence-electron chi connectivity index (χ4n) is 2.15. The second kappa shape index (κ2) is 6.26. The molecule has 0 spiro atoms. The van der Waals surface area contributed by atoms with Gasteiger partial charge in [0, 0.05) is 31.1 Å². The lowest BCUT2D eigenvalue weighted by Crippen LogP contribution is -2.10. The number of imidazole rings is 1. The minimum Gasteiger partial charge on any atom is -0.435 e. The van der Waals surface area contributed by atoms with E-state index in [0.29, 0.717) is 11.6 Å². The van der Waals surface area contributed by atoms with Crippen molar-refractivity contribution in [2.75, 3.05) is 5.32 Å². The van der Waals surface area contributed by atoms with Crippen LogP contribution < -0.4 is 5.32 Å². The van der Waals surface area contributed by atoms with Crippen molar-refractivity contribution in [1.29, 1.82) is 0 Å². The topological polar surface area (TPSA) is 73.0 Å². The van der Waals surface area contributed by atoms with Crippen LogP contribution in [0.1, 0.15) is 29.7 Å². The Morgan fingerprint density at radius 2 is 2.23 bits per heavy atom. The van der Waals surface area contributed by atoms with Crippen LogP contribution >= 0.6 is 0 Å². The third-order valence-corrected chi connectivity index (χ3v) is 3.16. The Morgan fingerprint density at radius 3 is 3.00 bits per heavy atom. The van der Waals surface area contributed by atoms with Crippen molar-refractivity contribution in [3.8, 4) is 5.88 Å². The number of nitrogens with zero attached hydrogens (tertiary/aromatic N) is 3. The smallest absolute Gasteiger partial charge is 0.291 e. The lowest BCUT2D eigenvalue weighted by molar-refractivity contribution is 0.0996. The fourth-order valence-corrected chi connectivity index (χ4v) is 2.15. The number of carbonyl (C=O) groups excluding carboxylic acids is 1. The molecule has 0 saturated carbocycles. The van der Waals surface area contributed by atoms with E-state index >= 15 is 0 Å². The molecule has 0 bridgehead atoms. The number of nitrogens with one attached hydrogen (secondary N) is 1. The lowest BCUT2D eigenvalue weighted by Gasteiger charge is -2.04. The van der Waals surface area contributed by atoms with Crippen LogP contribution in [0.25, 0.3) is 5.88 Å². The number of carbonyl (C=O) groups is 1. The summed E-state index contributed by atoms with van der Waals surface area (Å²) in [6.45, 7) is 2.09. The van der Waals surface area contributed by atoms with Gasteiger partial charge in [-0.15, -0.1) is 0 Å². The first-order chi connectivity index (χ1) is 10.8. The summed E-state index contributed by atoms with van der Waals surface area (Å²) in [7, 11) is 0. The fraction of sp³-hybridized carbons (Fsp3) is 0.188. The molecule has 0 unspecified atom stereocenters. The largest absolute Gasteiger partial charge is 0.435 e. The molecule has 1 amide bonds. The van der Waals surface area contributed by atoms with Crippen molar-refractivity contribution < 1.29 is 9.21 Å². The van der Waals surface area contributed by atoms with Crippen molar-refractivity contribution >= 4 is 11.6 Å². The molecule has 6 nitrogen and oxygen atoms in total. The zero-order chi connectivity index (χ0) is 15.4. The first-order valence-corrected chi connectivity index (χ1v) is 7.11. The maximum absolute atomic E-state index is 12.2. The summed E-state index contributed by atoms with van der Waals surface area (Å²) in [5.74, 6) is 1.43. The highest BCUT2D eigenvalue weighted by atomic mass is 16.4. The van der Waals surface area contributed by atoms with E-state index in [9.17, 15) is 4.79 Å². The van der Waals surface area contributed by atoms with Gasteiger partial charge in [-0.3, -0.25) is 14.3 Å². The van der Waals surface area contributed by atoms with Crippen molar-refractivity contribution in [1.82, 2.24) is 14.5 Å². The molecule has 3 aromatic rings. The number of anilines is 1. The van der Waals surface area contributed by atoms with Crippen LogP contribution in [-0.2, 0) is 6.42 Å². The van der Waals surface area contributed by atoms with Gasteiger partial charge in [-0.25, -0.2) is 4.98 Å². The molecule has 0 aliphatic carbocycles. The van der Waals surface area contributed by atoms with Gasteiger partial charge in [0.05, 0.1) is 11.9 Å². The molecule has 3 aromatic heterocycles. The predicted molar refractivity (Wildman–Crippen MR) is 82.0 cm³/mol. The summed E-state index contributed by atoms with van der Waals surface area (Å²) in [6, 6.07) is 6.94. The molecule has 0 atom stereocenters. The Kier molecular flexibility index (Phi) is 4.00. The van der Waals surface area contributed by atoms with Gasteiger partial charge in [-0.2, -0.15) is 0 Å². The van der Waals surface area contributed by atoms with Gasteiger partial charge < -0.3 is 9.73 Å². The number of amides is 1. The Morgan fingerprint density at radius 1 is 1.32 bits per heavy atom. The van der Waals surface area contributed by atoms with E-state index in [1.165, 1.54) is 0 Å². The molecule has 22 heavy (non-hydrogen) atoms. The molecule has 0 aliphatic heterocycles. The van der Waals surface area contributed by atoms with Crippen LogP contribution in [0.3, 0.4) is 0 Å². The van der Waals surface area contributed by atoms with E-state index in [-0.39, 0.29) is 11.7 Å². The van der Waals surface area contributed by atoms with Crippen molar-refractivity contribution in [2.24, 2.45) is 0 Å². The molecular formula is C16H16N4O2. The Bertz CT molecular complexity index is 761. The minimum absolute atomic E-state index is 0.245. The van der Waals surface area contributed by atoms with Gasteiger partial charge in [0.1, 0.15) is 5.82 Å². The highest BCUT2D eigenvalue weighted by Crippen LogP contribution is 2.17. The van der Waals surface area contributed by atoms with E-state index in [2.05, 4.69) is 22.2 Å². The van der Waals surface area contributed by atoms with Gasteiger partial charge >= 0.3 is 0 Å². The second-order valence-corrected chi connectivity index (χ2v) is 4.80. The van der Waals surface area contributed by atoms with E-state index in [4.69, 9.17) is 4.42 Å². The Balaban J connectivity index is 1.78. The first kappa shape index (κ1) is 14.1. The molecule has 0 saturated heterocycles. The molecule has 0 aliphatic rings. The third-order valence-electron chi connectivity index (χ3n) is 3.16. The number of rotatable bonds is 5. The van der Waals surface area contributed by atoms with Crippen LogP contribution in [0.15, 0.2) is 53.5 Å². The normalized spacial score (nSPS) is 10.6. The number of furan rings is 1. The van der Waals surface area contributed by atoms with Crippen LogP contribution in [0.5, 0.6) is 0 Å². The Hall–Kier alpha value is -2.89. The Labute approximate surface area is 127 Å². The molecule has 3 heterocycles. The maximum atomic E-state index is 12.2. The van der Waals surface area contributed by atoms with Gasteiger partial charge in [-0.1, -0.05) is 6.92 Å². The zero-order valence-corrected chi connectivity index (χ0v) is 12.2. The van der Waals surface area contributed by atoms with Crippen molar-refractivity contribution in [3.63, 3.8) is 0 Å². The quantitative estimate of drug-likeness (QED) is 0.785. The summed E-state index contributed by atoms with van der Waals surface area (Å²) in [6.07, 6.45) is 8.62. The highest BCUT2D eigenvalue weighted by molar-refractivity contribution is 6.02. The molecule has 3 rings (SSSR count). The third kappa shape index (κ3) is 2.90. The standard InChI is InChI=1S/C16H16N4O2/c1-2-4-14-18-9-10-20(14)15-7-6-13(22-15)16(21)19-12-5-3-8-17-11-12/h3,5-11H,2,4H2,1H3,(H,19,21). The van der Waals surface area contributed by atoms with E-state index in [1.807, 2.05) is 10.8 Å². The molecule has 0 aromatic carbocycles. The van der Waals surface area contributed by atoms with Crippen LogP contribution in [0.4, 0.5) is 5.69 Å². The average Bonchev–Trinajstić information content (AvgIpc) is 3.17. The number of pyridine rings is 1. The summed E-state index contributed by atoms with van der Waals surface area (Å²) >= 11 is 0. The summed E-state index contributed by atoms with van der Waals surface area (Å²) in [5, 5.41) is 2.74. The molecule has 112 valence electrons. The number of hydrogen-bond donors (Lipinski definition) is 1. The average molecular weight is 296 g/mol. The van der Waals surface area contributed by atoms with Gasteiger partial charge in [-0.05, 0) is 24.6 Å². The van der Waals surface area contributed by atoms with Gasteiger partial charge in [0.2, 0.25) is 5.88 Å². The summed E-state index contributed by atoms with van der Waals surface area (Å²) in [4.78, 5) is 20.4. The summed E-state index contributed by atoms with van der Waals surface area (Å²) < 4.78 is 7.49. The minimum atomic E-state index is -0.309. The van der Waals surface area contributed by atoms with E-state index in [0.717, 1.165) is 18.7 Å². The van der Waals surface area contributed by atoms with Crippen LogP contribution in [-0.4, -0.2) is 20.4 Å².